The van der Waals surface area contributed by atoms with Crippen LogP contribution in [0.5, 0.6) is 5.75 Å². The van der Waals surface area contributed by atoms with Crippen LogP contribution < -0.4 is 22.1 Å². The van der Waals surface area contributed by atoms with Crippen LogP contribution in [0.1, 0.15) is 29.5 Å². The molecular formula is C32H36N6O7. The van der Waals surface area contributed by atoms with Crippen molar-refractivity contribution in [1.29, 1.82) is 0 Å². The molecule has 1 aliphatic rings. The fraction of sp³-hybridized carbons (Fsp3) is 0.312. The number of nitrogens with two attached hydrogens (primary N) is 2. The summed E-state index contributed by atoms with van der Waals surface area (Å²) in [6.45, 7) is 0.306. The molecule has 13 nitrogen and oxygen atoms in total. The number of amides is 4. The van der Waals surface area contributed by atoms with E-state index in [1.165, 1.54) is 41.3 Å². The highest BCUT2D eigenvalue weighted by Gasteiger charge is 2.38. The Balaban J connectivity index is 1.50. The van der Waals surface area contributed by atoms with Gasteiger partial charge in [0, 0.05) is 31.5 Å². The third-order valence-corrected chi connectivity index (χ3v) is 7.71. The van der Waals surface area contributed by atoms with Crippen molar-refractivity contribution in [3.63, 3.8) is 0 Å². The Bertz CT molecular complexity index is 1520. The number of likely N-dealkylation sites (tertiary alicyclic amines) is 1. The molecule has 0 bridgehead atoms. The van der Waals surface area contributed by atoms with Crippen LogP contribution in [-0.4, -0.2) is 69.3 Å². The smallest absolute Gasteiger partial charge is 0.269 e. The Hall–Kier alpha value is -5.30. The number of hydrogen-bond acceptors (Lipinski definition) is 8. The van der Waals surface area contributed by atoms with Crippen LogP contribution in [0.25, 0.3) is 0 Å². The zero-order chi connectivity index (χ0) is 32.5. The number of nitro groups is 1. The summed E-state index contributed by atoms with van der Waals surface area (Å²) < 4.78 is 0. The maximum Gasteiger partial charge on any atom is 0.269 e. The van der Waals surface area contributed by atoms with Crippen molar-refractivity contribution in [2.75, 3.05) is 6.54 Å². The fourth-order valence-electron chi connectivity index (χ4n) is 5.30. The maximum atomic E-state index is 13.6. The molecule has 7 N–H and O–H groups in total. The molecule has 4 atom stereocenters. The van der Waals surface area contributed by atoms with Crippen LogP contribution in [0.2, 0.25) is 0 Å². The van der Waals surface area contributed by atoms with Crippen molar-refractivity contribution in [3.05, 3.63) is 106 Å². The van der Waals surface area contributed by atoms with Crippen LogP contribution >= 0.6 is 0 Å². The minimum atomic E-state index is -1.19. The van der Waals surface area contributed by atoms with E-state index in [-0.39, 0.29) is 30.7 Å². The van der Waals surface area contributed by atoms with Gasteiger partial charge in [-0.1, -0.05) is 54.6 Å². The molecular weight excluding hydrogens is 580 g/mol. The van der Waals surface area contributed by atoms with Crippen LogP contribution in [0.4, 0.5) is 5.69 Å². The lowest BCUT2D eigenvalue weighted by Crippen LogP contribution is -2.58. The Morgan fingerprint density at radius 3 is 2.07 bits per heavy atom. The first-order valence-electron chi connectivity index (χ1n) is 14.5. The van der Waals surface area contributed by atoms with Gasteiger partial charge in [-0.2, -0.15) is 0 Å². The van der Waals surface area contributed by atoms with E-state index >= 15 is 0 Å². The summed E-state index contributed by atoms with van der Waals surface area (Å²) in [4.78, 5) is 64.7. The highest BCUT2D eigenvalue weighted by atomic mass is 16.6. The van der Waals surface area contributed by atoms with Crippen molar-refractivity contribution < 1.29 is 29.2 Å². The molecule has 3 aromatic rings. The summed E-state index contributed by atoms with van der Waals surface area (Å²) in [6, 6.07) is 16.8. The van der Waals surface area contributed by atoms with E-state index in [0.29, 0.717) is 24.9 Å². The second-order valence-electron chi connectivity index (χ2n) is 11.0. The predicted molar refractivity (Wildman–Crippen MR) is 165 cm³/mol. The summed E-state index contributed by atoms with van der Waals surface area (Å²) in [6.07, 6.45) is 1.19. The van der Waals surface area contributed by atoms with Gasteiger partial charge in [0.15, 0.2) is 0 Å². The van der Waals surface area contributed by atoms with Crippen molar-refractivity contribution in [2.24, 2.45) is 11.5 Å². The highest BCUT2D eigenvalue weighted by Crippen LogP contribution is 2.21. The van der Waals surface area contributed by atoms with Crippen molar-refractivity contribution in [1.82, 2.24) is 15.5 Å². The van der Waals surface area contributed by atoms with Crippen molar-refractivity contribution >= 4 is 29.3 Å². The van der Waals surface area contributed by atoms with Gasteiger partial charge in [-0.25, -0.2) is 0 Å². The number of non-ortho nitro benzene ring substituents is 1. The van der Waals surface area contributed by atoms with Gasteiger partial charge in [-0.3, -0.25) is 29.3 Å². The van der Waals surface area contributed by atoms with E-state index < -0.39 is 52.7 Å². The summed E-state index contributed by atoms with van der Waals surface area (Å²) >= 11 is 0. The minimum absolute atomic E-state index is 0.0482. The molecule has 1 heterocycles. The fourth-order valence-corrected chi connectivity index (χ4v) is 5.30. The van der Waals surface area contributed by atoms with E-state index in [2.05, 4.69) is 10.6 Å². The lowest BCUT2D eigenvalue weighted by Gasteiger charge is -2.29. The summed E-state index contributed by atoms with van der Waals surface area (Å²) in [5.74, 6) is -2.35. The average molecular weight is 617 g/mol. The molecule has 0 saturated carbocycles. The standard InChI is InChI=1S/C32H36N6O7/c33-25(17-21-10-14-24(39)15-11-21)32(43)37-16-4-7-28(37)31(42)36-27(19-22-8-12-23(13-9-22)38(44)45)30(41)35-26(29(34)40)18-20-5-2-1-3-6-20/h1-3,5-6,8-15,25-28,39H,4,7,16-19,33H2,(H2,34,40)(H,35,41)(H,36,42)/t25-,26-,27-,28-/m0/s1. The number of rotatable bonds is 13. The molecule has 0 unspecified atom stereocenters. The van der Waals surface area contributed by atoms with Gasteiger partial charge in [0.05, 0.1) is 11.0 Å². The molecule has 0 aromatic heterocycles. The van der Waals surface area contributed by atoms with Gasteiger partial charge in [0.25, 0.3) is 5.69 Å². The molecule has 13 heteroatoms. The zero-order valence-corrected chi connectivity index (χ0v) is 24.5. The van der Waals surface area contributed by atoms with Crippen LogP contribution in [-0.2, 0) is 38.4 Å². The van der Waals surface area contributed by atoms with E-state index in [1.807, 2.05) is 6.07 Å². The predicted octanol–water partition coefficient (Wildman–Crippen LogP) is 1.10. The number of nitrogens with zero attached hydrogens (tertiary/aromatic N) is 2. The van der Waals surface area contributed by atoms with E-state index in [0.717, 1.165) is 11.1 Å². The lowest BCUT2D eigenvalue weighted by molar-refractivity contribution is -0.384. The number of aromatic hydroxyl groups is 1. The van der Waals surface area contributed by atoms with Crippen LogP contribution in [0.15, 0.2) is 78.9 Å². The third kappa shape index (κ3) is 8.86. The molecule has 1 saturated heterocycles. The van der Waals surface area contributed by atoms with Gasteiger partial charge in [0.2, 0.25) is 23.6 Å². The molecule has 4 amide bonds. The monoisotopic (exact) mass is 616 g/mol. The Morgan fingerprint density at radius 1 is 0.867 bits per heavy atom. The number of nitro benzene ring substituents is 1. The molecule has 4 rings (SSSR count). The zero-order valence-electron chi connectivity index (χ0n) is 24.5. The molecule has 1 fully saturated rings. The first kappa shape index (κ1) is 32.6. The molecule has 1 aliphatic heterocycles. The van der Waals surface area contributed by atoms with Gasteiger partial charge in [-0.15, -0.1) is 0 Å². The highest BCUT2D eigenvalue weighted by molar-refractivity contribution is 5.95. The number of nitrogens with one attached hydrogen (secondary N) is 2. The topological polar surface area (TPSA) is 211 Å². The molecule has 0 spiro atoms. The molecule has 236 valence electrons. The summed E-state index contributed by atoms with van der Waals surface area (Å²) in [5, 5.41) is 26.0. The normalized spacial score (nSPS) is 16.3. The molecule has 0 radical (unpaired) electrons. The third-order valence-electron chi connectivity index (χ3n) is 7.71. The molecule has 45 heavy (non-hydrogen) atoms. The van der Waals surface area contributed by atoms with Gasteiger partial charge in [-0.05, 0) is 48.1 Å². The van der Waals surface area contributed by atoms with E-state index in [9.17, 15) is 34.4 Å². The van der Waals surface area contributed by atoms with Gasteiger partial charge < -0.3 is 32.1 Å². The Kier molecular flexibility index (Phi) is 10.8. The average Bonchev–Trinajstić information content (AvgIpc) is 3.52. The molecule has 0 aliphatic carbocycles. The quantitative estimate of drug-likeness (QED) is 0.138. The second-order valence-corrected chi connectivity index (χ2v) is 11.0. The minimum Gasteiger partial charge on any atom is -0.508 e. The number of benzene rings is 3. The van der Waals surface area contributed by atoms with Crippen molar-refractivity contribution in [3.8, 4) is 5.75 Å². The largest absolute Gasteiger partial charge is 0.508 e. The number of primary amides is 1. The summed E-state index contributed by atoms with van der Waals surface area (Å²) in [7, 11) is 0. The SMILES string of the molecule is NC(=O)[C@H](Cc1ccccc1)NC(=O)[C@H](Cc1ccc([N+](=O)[O-])cc1)NC(=O)[C@@H]1CCCN1C(=O)[C@@H](N)Cc1ccc(O)cc1. The number of phenols is 1. The van der Waals surface area contributed by atoms with Gasteiger partial charge >= 0.3 is 0 Å². The molecule has 3 aromatic carbocycles. The van der Waals surface area contributed by atoms with Crippen LogP contribution in [0, 0.1) is 10.1 Å². The maximum absolute atomic E-state index is 13.6. The van der Waals surface area contributed by atoms with Crippen molar-refractivity contribution in [2.45, 2.75) is 56.3 Å². The Morgan fingerprint density at radius 2 is 1.44 bits per heavy atom. The first-order chi connectivity index (χ1) is 21.5. The number of carbonyl (C=O) groups excluding carboxylic acids is 4. The summed E-state index contributed by atoms with van der Waals surface area (Å²) in [5.41, 5.74) is 13.7. The Labute approximate surface area is 259 Å². The number of carbonyl (C=O) groups is 4. The second kappa shape index (κ2) is 14.9. The lowest BCUT2D eigenvalue weighted by atomic mass is 10.0. The number of phenolic OH excluding ortho intramolecular Hbond substituents is 1. The van der Waals surface area contributed by atoms with Gasteiger partial charge in [0.1, 0.15) is 23.9 Å². The number of hydrogen-bond donors (Lipinski definition) is 5. The van der Waals surface area contributed by atoms with E-state index in [1.54, 1.807) is 36.4 Å². The van der Waals surface area contributed by atoms with Crippen LogP contribution in [0.3, 0.4) is 0 Å². The first-order valence-corrected chi connectivity index (χ1v) is 14.5. The van der Waals surface area contributed by atoms with E-state index in [4.69, 9.17) is 11.5 Å².